The first-order chi connectivity index (χ1) is 9.20. The molecule has 4 heteroatoms. The largest absolute Gasteiger partial charge is 0.355 e. The lowest BCUT2D eigenvalue weighted by molar-refractivity contribution is 0.695. The molecule has 0 fully saturated rings. The number of nitrogens with one attached hydrogen (secondary N) is 1. The molecule has 1 unspecified atom stereocenters. The van der Waals surface area contributed by atoms with Gasteiger partial charge >= 0.3 is 0 Å². The van der Waals surface area contributed by atoms with Gasteiger partial charge in [-0.15, -0.1) is 0 Å². The van der Waals surface area contributed by atoms with Crippen LogP contribution >= 0.6 is 11.8 Å². The molecule has 19 heavy (non-hydrogen) atoms. The number of aryl methyl sites for hydroxylation is 1. The smallest absolute Gasteiger partial charge is 0.207 e. The quantitative estimate of drug-likeness (QED) is 0.873. The summed E-state index contributed by atoms with van der Waals surface area (Å²) in [6.07, 6.45) is 4.21. The van der Waals surface area contributed by atoms with Gasteiger partial charge in [0.1, 0.15) is 0 Å². The SMILES string of the molecule is CSCC(C)CNc1nc(C)cn1-c1ccccc1. The summed E-state index contributed by atoms with van der Waals surface area (Å²) in [6, 6.07) is 10.3. The zero-order valence-electron chi connectivity index (χ0n) is 11.8. The molecule has 0 aliphatic rings. The zero-order valence-corrected chi connectivity index (χ0v) is 12.6. The molecule has 0 bridgehead atoms. The topological polar surface area (TPSA) is 29.9 Å². The van der Waals surface area contributed by atoms with Gasteiger partial charge in [-0.05, 0) is 37.0 Å². The third-order valence-electron chi connectivity index (χ3n) is 2.92. The molecule has 1 atom stereocenters. The summed E-state index contributed by atoms with van der Waals surface area (Å²) in [5, 5.41) is 3.46. The highest BCUT2D eigenvalue weighted by Gasteiger charge is 2.08. The van der Waals surface area contributed by atoms with E-state index in [1.807, 2.05) is 36.9 Å². The fraction of sp³-hybridized carbons (Fsp3) is 0.400. The minimum atomic E-state index is 0.635. The van der Waals surface area contributed by atoms with Crippen LogP contribution in [-0.4, -0.2) is 28.1 Å². The average Bonchev–Trinajstić information content (AvgIpc) is 2.79. The Morgan fingerprint density at radius 2 is 2.05 bits per heavy atom. The second kappa shape index (κ2) is 6.66. The van der Waals surface area contributed by atoms with Gasteiger partial charge in [-0.25, -0.2) is 4.98 Å². The van der Waals surface area contributed by atoms with Crippen LogP contribution in [0.5, 0.6) is 0 Å². The van der Waals surface area contributed by atoms with Crippen LogP contribution in [0.3, 0.4) is 0 Å². The van der Waals surface area contributed by atoms with Gasteiger partial charge in [-0.1, -0.05) is 25.1 Å². The lowest BCUT2D eigenvalue weighted by atomic mass is 10.2. The van der Waals surface area contributed by atoms with E-state index in [1.54, 1.807) is 0 Å². The Hall–Kier alpha value is -1.42. The van der Waals surface area contributed by atoms with Gasteiger partial charge in [-0.3, -0.25) is 4.57 Å². The maximum Gasteiger partial charge on any atom is 0.207 e. The number of hydrogen-bond acceptors (Lipinski definition) is 3. The van der Waals surface area contributed by atoms with E-state index in [9.17, 15) is 0 Å². The number of anilines is 1. The summed E-state index contributed by atoms with van der Waals surface area (Å²) in [7, 11) is 0. The van der Waals surface area contributed by atoms with E-state index in [1.165, 1.54) is 0 Å². The van der Waals surface area contributed by atoms with Crippen LogP contribution in [0.15, 0.2) is 36.5 Å². The van der Waals surface area contributed by atoms with Crippen LogP contribution in [0.25, 0.3) is 5.69 Å². The minimum absolute atomic E-state index is 0.635. The Labute approximate surface area is 119 Å². The first-order valence-electron chi connectivity index (χ1n) is 6.55. The summed E-state index contributed by atoms with van der Waals surface area (Å²) in [6.45, 7) is 5.23. The summed E-state index contributed by atoms with van der Waals surface area (Å²) in [5.41, 5.74) is 2.17. The van der Waals surface area contributed by atoms with E-state index in [-0.39, 0.29) is 0 Å². The summed E-state index contributed by atoms with van der Waals surface area (Å²) in [4.78, 5) is 4.56. The van der Waals surface area contributed by atoms with E-state index in [0.717, 1.165) is 29.6 Å². The Balaban J connectivity index is 2.13. The maximum atomic E-state index is 4.56. The number of rotatable bonds is 6. The molecular weight excluding hydrogens is 254 g/mol. The third kappa shape index (κ3) is 3.77. The number of benzene rings is 1. The summed E-state index contributed by atoms with van der Waals surface area (Å²) < 4.78 is 2.11. The van der Waals surface area contributed by atoms with Crippen LogP contribution < -0.4 is 5.32 Å². The van der Waals surface area contributed by atoms with E-state index >= 15 is 0 Å². The van der Waals surface area contributed by atoms with Crippen molar-refractivity contribution >= 4 is 17.7 Å². The minimum Gasteiger partial charge on any atom is -0.355 e. The lowest BCUT2D eigenvalue weighted by Gasteiger charge is -2.13. The van der Waals surface area contributed by atoms with Crippen molar-refractivity contribution < 1.29 is 0 Å². The average molecular weight is 275 g/mol. The molecule has 0 aliphatic heterocycles. The maximum absolute atomic E-state index is 4.56. The van der Waals surface area contributed by atoms with E-state index in [0.29, 0.717) is 5.92 Å². The molecule has 1 N–H and O–H groups in total. The molecule has 0 amide bonds. The Kier molecular flexibility index (Phi) is 4.91. The number of nitrogens with zero attached hydrogens (tertiary/aromatic N) is 2. The molecule has 0 aliphatic carbocycles. The monoisotopic (exact) mass is 275 g/mol. The third-order valence-corrected chi connectivity index (χ3v) is 3.82. The molecule has 1 aromatic carbocycles. The van der Waals surface area contributed by atoms with E-state index < -0.39 is 0 Å². The molecule has 0 spiro atoms. The van der Waals surface area contributed by atoms with E-state index in [2.05, 4.69) is 46.4 Å². The highest BCUT2D eigenvalue weighted by molar-refractivity contribution is 7.98. The predicted molar refractivity (Wildman–Crippen MR) is 84.3 cm³/mol. The van der Waals surface area contributed by atoms with Crippen molar-refractivity contribution in [1.29, 1.82) is 0 Å². The molecule has 3 nitrogen and oxygen atoms in total. The van der Waals surface area contributed by atoms with Crippen LogP contribution in [0.2, 0.25) is 0 Å². The first kappa shape index (κ1) is 14.0. The standard InChI is InChI=1S/C15H21N3S/c1-12(11-19-3)9-16-15-17-13(2)10-18(15)14-7-5-4-6-8-14/h4-8,10,12H,9,11H2,1-3H3,(H,16,17). The van der Waals surface area contributed by atoms with Gasteiger partial charge in [0.2, 0.25) is 5.95 Å². The first-order valence-corrected chi connectivity index (χ1v) is 7.94. The van der Waals surface area contributed by atoms with Gasteiger partial charge in [0, 0.05) is 18.4 Å². The molecule has 0 saturated heterocycles. The van der Waals surface area contributed by atoms with Crippen molar-refractivity contribution in [2.24, 2.45) is 5.92 Å². The van der Waals surface area contributed by atoms with Crippen molar-refractivity contribution in [3.8, 4) is 5.69 Å². The van der Waals surface area contributed by atoms with Crippen molar-refractivity contribution in [2.45, 2.75) is 13.8 Å². The molecule has 0 radical (unpaired) electrons. The molecule has 1 heterocycles. The van der Waals surface area contributed by atoms with Gasteiger partial charge < -0.3 is 5.32 Å². The molecular formula is C15H21N3S. The van der Waals surface area contributed by atoms with E-state index in [4.69, 9.17) is 0 Å². The van der Waals surface area contributed by atoms with Crippen LogP contribution in [0, 0.1) is 12.8 Å². The number of aromatic nitrogens is 2. The second-order valence-electron chi connectivity index (χ2n) is 4.85. The summed E-state index contributed by atoms with van der Waals surface area (Å²) >= 11 is 1.88. The molecule has 0 saturated carbocycles. The van der Waals surface area contributed by atoms with Crippen molar-refractivity contribution in [3.05, 3.63) is 42.2 Å². The molecule has 2 rings (SSSR count). The number of hydrogen-bond donors (Lipinski definition) is 1. The number of para-hydroxylation sites is 1. The Morgan fingerprint density at radius 1 is 1.32 bits per heavy atom. The molecule has 2 aromatic rings. The normalized spacial score (nSPS) is 12.4. The fourth-order valence-corrected chi connectivity index (χ4v) is 2.70. The predicted octanol–water partition coefficient (Wildman–Crippen LogP) is 3.59. The van der Waals surface area contributed by atoms with Crippen LogP contribution in [-0.2, 0) is 0 Å². The molecule has 1 aromatic heterocycles. The van der Waals surface area contributed by atoms with Crippen molar-refractivity contribution in [1.82, 2.24) is 9.55 Å². The highest BCUT2D eigenvalue weighted by atomic mass is 32.2. The summed E-state index contributed by atoms with van der Waals surface area (Å²) in [5.74, 6) is 2.73. The molecule has 102 valence electrons. The van der Waals surface area contributed by atoms with Gasteiger partial charge in [0.15, 0.2) is 0 Å². The number of imidazole rings is 1. The fourth-order valence-electron chi connectivity index (χ4n) is 2.02. The van der Waals surface area contributed by atoms with Gasteiger partial charge in [0.05, 0.1) is 5.69 Å². The Bertz CT molecular complexity index is 507. The second-order valence-corrected chi connectivity index (χ2v) is 5.76. The van der Waals surface area contributed by atoms with Crippen molar-refractivity contribution in [3.63, 3.8) is 0 Å². The van der Waals surface area contributed by atoms with Gasteiger partial charge in [-0.2, -0.15) is 11.8 Å². The Morgan fingerprint density at radius 3 is 2.74 bits per heavy atom. The highest BCUT2D eigenvalue weighted by Crippen LogP contribution is 2.17. The van der Waals surface area contributed by atoms with Gasteiger partial charge in [0.25, 0.3) is 0 Å². The van der Waals surface area contributed by atoms with Crippen molar-refractivity contribution in [2.75, 3.05) is 23.9 Å². The lowest BCUT2D eigenvalue weighted by Crippen LogP contribution is -2.15. The van der Waals surface area contributed by atoms with Crippen LogP contribution in [0.4, 0.5) is 5.95 Å². The van der Waals surface area contributed by atoms with Crippen LogP contribution in [0.1, 0.15) is 12.6 Å². The zero-order chi connectivity index (χ0) is 13.7. The number of thioether (sulfide) groups is 1.